The third-order valence-corrected chi connectivity index (χ3v) is 1.68. The van der Waals surface area contributed by atoms with Crippen molar-refractivity contribution in [1.82, 2.24) is 0 Å². The molecule has 0 fully saturated rings. The zero-order chi connectivity index (χ0) is 10.3. The zero-order valence-electron chi connectivity index (χ0n) is 6.68. The maximum absolute atomic E-state index is 9.67. The van der Waals surface area contributed by atoms with E-state index in [0.29, 0.717) is 6.54 Å². The zero-order valence-corrected chi connectivity index (χ0v) is 8.27. The van der Waals surface area contributed by atoms with Gasteiger partial charge in [-0.1, -0.05) is 28.1 Å². The molecular formula is C8H11BrF3N. The number of hydrogen-bond acceptors (Lipinski definition) is 1. The molecule has 1 nitrogen and oxygen atoms in total. The van der Waals surface area contributed by atoms with Gasteiger partial charge < -0.3 is 5.73 Å². The summed E-state index contributed by atoms with van der Waals surface area (Å²) in [6.45, 7) is -3.05. The van der Waals surface area contributed by atoms with Crippen LogP contribution < -0.4 is 5.73 Å². The van der Waals surface area contributed by atoms with E-state index in [1.165, 1.54) is 5.56 Å². The standard InChI is InChI=1S/C7H8BrN.CHF3.H2/c8-7-3-1-6(5-9)2-4-7;2-1(3)4;/h1-4H,5,9H2;1H;1H. The van der Waals surface area contributed by atoms with E-state index < -0.39 is 6.68 Å². The fourth-order valence-electron chi connectivity index (χ4n) is 0.620. The maximum Gasteiger partial charge on any atom is 0.379 e. The summed E-state index contributed by atoms with van der Waals surface area (Å²) in [5.74, 6) is 0. The number of benzene rings is 1. The van der Waals surface area contributed by atoms with Gasteiger partial charge in [0.2, 0.25) is 0 Å². The van der Waals surface area contributed by atoms with Crippen molar-refractivity contribution in [3.8, 4) is 0 Å². The van der Waals surface area contributed by atoms with E-state index in [0.717, 1.165) is 4.47 Å². The summed E-state index contributed by atoms with van der Waals surface area (Å²) < 4.78 is 30.1. The lowest BCUT2D eigenvalue weighted by molar-refractivity contribution is 0.00819. The molecule has 0 unspecified atom stereocenters. The van der Waals surface area contributed by atoms with Crippen molar-refractivity contribution in [3.63, 3.8) is 0 Å². The molecule has 0 atom stereocenters. The molecule has 0 aliphatic carbocycles. The van der Waals surface area contributed by atoms with E-state index in [1.807, 2.05) is 24.3 Å². The van der Waals surface area contributed by atoms with E-state index >= 15 is 0 Å². The van der Waals surface area contributed by atoms with Crippen LogP contribution in [0.25, 0.3) is 0 Å². The predicted molar refractivity (Wildman–Crippen MR) is 51.3 cm³/mol. The molecule has 0 heterocycles. The highest BCUT2D eigenvalue weighted by atomic mass is 79.9. The SMILES string of the molecule is FC(F)F.NCc1ccc(Br)cc1.[HH]. The fraction of sp³-hybridized carbons (Fsp3) is 0.250. The van der Waals surface area contributed by atoms with Gasteiger partial charge in [0.1, 0.15) is 0 Å². The van der Waals surface area contributed by atoms with Crippen LogP contribution >= 0.6 is 15.9 Å². The second kappa shape index (κ2) is 6.91. The third kappa shape index (κ3) is 7.80. The molecule has 1 aromatic rings. The summed E-state index contributed by atoms with van der Waals surface area (Å²) in [4.78, 5) is 0. The summed E-state index contributed by atoms with van der Waals surface area (Å²) in [5, 5.41) is 0. The van der Waals surface area contributed by atoms with Crippen molar-refractivity contribution in [2.45, 2.75) is 13.2 Å². The molecule has 0 aliphatic rings. The van der Waals surface area contributed by atoms with E-state index in [9.17, 15) is 13.2 Å². The Morgan fingerprint density at radius 3 is 1.92 bits per heavy atom. The van der Waals surface area contributed by atoms with Gasteiger partial charge in [-0.15, -0.1) is 0 Å². The Morgan fingerprint density at radius 1 is 1.23 bits per heavy atom. The van der Waals surface area contributed by atoms with Crippen LogP contribution in [0.5, 0.6) is 0 Å². The molecule has 0 radical (unpaired) electrons. The second-order valence-electron chi connectivity index (χ2n) is 2.08. The molecule has 0 saturated heterocycles. The third-order valence-electron chi connectivity index (χ3n) is 1.15. The monoisotopic (exact) mass is 257 g/mol. The largest absolute Gasteiger partial charge is 0.379 e. The molecule has 1 rings (SSSR count). The smallest absolute Gasteiger partial charge is 0.326 e. The van der Waals surface area contributed by atoms with Crippen LogP contribution in [0.1, 0.15) is 6.99 Å². The van der Waals surface area contributed by atoms with Gasteiger partial charge in [0.15, 0.2) is 0 Å². The van der Waals surface area contributed by atoms with Crippen LogP contribution in [-0.4, -0.2) is 6.68 Å². The molecule has 76 valence electrons. The number of nitrogens with two attached hydrogens (primary N) is 1. The van der Waals surface area contributed by atoms with Crippen molar-refractivity contribution in [1.29, 1.82) is 0 Å². The maximum atomic E-state index is 9.67. The molecular weight excluding hydrogens is 247 g/mol. The van der Waals surface area contributed by atoms with Gasteiger partial charge in [0, 0.05) is 12.4 Å². The van der Waals surface area contributed by atoms with E-state index in [-0.39, 0.29) is 1.43 Å². The Hall–Kier alpha value is -0.550. The van der Waals surface area contributed by atoms with Crippen LogP contribution in [0.3, 0.4) is 0 Å². The first kappa shape index (κ1) is 12.4. The van der Waals surface area contributed by atoms with Crippen molar-refractivity contribution < 1.29 is 14.6 Å². The van der Waals surface area contributed by atoms with Gasteiger partial charge in [-0.05, 0) is 17.7 Å². The first-order chi connectivity index (χ1) is 6.06. The lowest BCUT2D eigenvalue weighted by Crippen LogP contribution is -1.94. The van der Waals surface area contributed by atoms with Crippen molar-refractivity contribution in [2.75, 3.05) is 0 Å². The average Bonchev–Trinajstić information content (AvgIpc) is 2.05. The van der Waals surface area contributed by atoms with E-state index in [1.54, 1.807) is 0 Å². The Bertz CT molecular complexity index is 228. The summed E-state index contributed by atoms with van der Waals surface area (Å²) in [5.41, 5.74) is 6.55. The molecule has 5 heteroatoms. The van der Waals surface area contributed by atoms with Gasteiger partial charge in [0.25, 0.3) is 0 Å². The first-order valence-corrected chi connectivity index (χ1v) is 4.22. The molecule has 0 amide bonds. The molecule has 0 bridgehead atoms. The molecule has 1 aromatic carbocycles. The quantitative estimate of drug-likeness (QED) is 0.821. The molecule has 0 spiro atoms. The van der Waals surface area contributed by atoms with Crippen LogP contribution in [0, 0.1) is 0 Å². The van der Waals surface area contributed by atoms with Crippen molar-refractivity contribution in [3.05, 3.63) is 34.3 Å². The second-order valence-corrected chi connectivity index (χ2v) is 2.99. The number of rotatable bonds is 1. The fourth-order valence-corrected chi connectivity index (χ4v) is 0.885. The van der Waals surface area contributed by atoms with Crippen LogP contribution in [0.4, 0.5) is 13.2 Å². The highest BCUT2D eigenvalue weighted by molar-refractivity contribution is 9.10. The average molecular weight is 258 g/mol. The normalized spacial score (nSPS) is 9.38. The molecule has 2 N–H and O–H groups in total. The van der Waals surface area contributed by atoms with Crippen molar-refractivity contribution in [2.24, 2.45) is 5.73 Å². The Balaban J connectivity index is 0. The number of hydrogen-bond donors (Lipinski definition) is 1. The Kier molecular flexibility index (Phi) is 6.62. The Morgan fingerprint density at radius 2 is 1.62 bits per heavy atom. The van der Waals surface area contributed by atoms with Gasteiger partial charge in [-0.3, -0.25) is 0 Å². The highest BCUT2D eigenvalue weighted by Gasteiger charge is 1.86. The minimum absolute atomic E-state index is 0. The highest BCUT2D eigenvalue weighted by Crippen LogP contribution is 2.09. The molecule has 0 aromatic heterocycles. The summed E-state index contributed by atoms with van der Waals surface area (Å²) in [6, 6.07) is 7.98. The number of alkyl halides is 3. The van der Waals surface area contributed by atoms with Gasteiger partial charge in [-0.2, -0.15) is 13.2 Å². The summed E-state index contributed by atoms with van der Waals surface area (Å²) >= 11 is 3.33. The lowest BCUT2D eigenvalue weighted by atomic mass is 10.2. The van der Waals surface area contributed by atoms with Crippen LogP contribution in [0.2, 0.25) is 0 Å². The Labute approximate surface area is 84.4 Å². The van der Waals surface area contributed by atoms with Crippen molar-refractivity contribution >= 4 is 15.9 Å². The predicted octanol–water partition coefficient (Wildman–Crippen LogP) is 3.33. The lowest BCUT2D eigenvalue weighted by Gasteiger charge is -1.93. The van der Waals surface area contributed by atoms with Gasteiger partial charge >= 0.3 is 6.68 Å². The van der Waals surface area contributed by atoms with E-state index in [2.05, 4.69) is 15.9 Å². The number of halogens is 4. The topological polar surface area (TPSA) is 26.0 Å². The van der Waals surface area contributed by atoms with Gasteiger partial charge in [-0.25, -0.2) is 0 Å². The first-order valence-electron chi connectivity index (χ1n) is 3.43. The van der Waals surface area contributed by atoms with E-state index in [4.69, 9.17) is 5.73 Å². The summed E-state index contributed by atoms with van der Waals surface area (Å²) in [6.07, 6.45) is 0. The minimum atomic E-state index is -3.67. The molecule has 0 saturated carbocycles. The molecule has 13 heavy (non-hydrogen) atoms. The minimum Gasteiger partial charge on any atom is -0.326 e. The summed E-state index contributed by atoms with van der Waals surface area (Å²) in [7, 11) is 0. The van der Waals surface area contributed by atoms with Crippen LogP contribution in [-0.2, 0) is 6.54 Å². The molecule has 0 aliphatic heterocycles. The van der Waals surface area contributed by atoms with Gasteiger partial charge in [0.05, 0.1) is 0 Å². The van der Waals surface area contributed by atoms with Crippen LogP contribution in [0.15, 0.2) is 28.7 Å².